The van der Waals surface area contributed by atoms with Crippen molar-refractivity contribution in [3.8, 4) is 6.07 Å². The van der Waals surface area contributed by atoms with Crippen LogP contribution >= 0.6 is 0 Å². The Morgan fingerprint density at radius 3 is 2.69 bits per heavy atom. The van der Waals surface area contributed by atoms with E-state index in [9.17, 15) is 14.9 Å². The number of rotatable bonds is 6. The molecule has 0 atom stereocenters. The van der Waals surface area contributed by atoms with Gasteiger partial charge >= 0.3 is 0 Å². The van der Waals surface area contributed by atoms with Crippen LogP contribution in [-0.4, -0.2) is 58.0 Å². The normalized spacial score (nSPS) is 18.3. The molecule has 1 saturated carbocycles. The third-order valence-corrected chi connectivity index (χ3v) is 6.88. The molecular formula is C25H33N7O3. The third-order valence-electron chi connectivity index (χ3n) is 6.88. The van der Waals surface area contributed by atoms with Crippen LogP contribution in [0.2, 0.25) is 0 Å². The fourth-order valence-electron chi connectivity index (χ4n) is 5.11. The lowest BCUT2D eigenvalue weighted by atomic mass is 9.89. The van der Waals surface area contributed by atoms with Crippen LogP contribution in [0.1, 0.15) is 75.6 Å². The minimum absolute atomic E-state index is 0.0409. The molecular weight excluding hydrogens is 446 g/mol. The monoisotopic (exact) mass is 479 g/mol. The Labute approximate surface area is 205 Å². The van der Waals surface area contributed by atoms with Crippen molar-refractivity contribution in [2.45, 2.75) is 70.3 Å². The second-order valence-electron chi connectivity index (χ2n) is 9.40. The predicted molar refractivity (Wildman–Crippen MR) is 128 cm³/mol. The van der Waals surface area contributed by atoms with E-state index in [1.54, 1.807) is 18.3 Å². The Hall–Kier alpha value is -3.48. The maximum Gasteiger partial charge on any atom is 0.227 e. The van der Waals surface area contributed by atoms with Crippen LogP contribution in [0.4, 0.5) is 5.82 Å². The molecule has 186 valence electrons. The molecule has 1 N–H and O–H groups in total. The van der Waals surface area contributed by atoms with Crippen molar-refractivity contribution in [1.82, 2.24) is 25.3 Å². The summed E-state index contributed by atoms with van der Waals surface area (Å²) >= 11 is 0. The van der Waals surface area contributed by atoms with Gasteiger partial charge in [0, 0.05) is 52.1 Å². The molecule has 0 unspecified atom stereocenters. The highest BCUT2D eigenvalue weighted by molar-refractivity contribution is 5.76. The van der Waals surface area contributed by atoms with E-state index in [2.05, 4.69) is 31.4 Å². The van der Waals surface area contributed by atoms with E-state index < -0.39 is 5.54 Å². The maximum absolute atomic E-state index is 12.9. The second kappa shape index (κ2) is 11.3. The van der Waals surface area contributed by atoms with Crippen molar-refractivity contribution in [3.05, 3.63) is 35.6 Å². The van der Waals surface area contributed by atoms with Gasteiger partial charge in [0.05, 0.1) is 5.56 Å². The summed E-state index contributed by atoms with van der Waals surface area (Å²) in [5, 5.41) is 16.7. The molecule has 2 aromatic rings. The summed E-state index contributed by atoms with van der Waals surface area (Å²) in [5.41, 5.74) is -0.0407. The van der Waals surface area contributed by atoms with Crippen molar-refractivity contribution >= 4 is 17.6 Å². The maximum atomic E-state index is 12.9. The predicted octanol–water partition coefficient (Wildman–Crippen LogP) is 2.69. The van der Waals surface area contributed by atoms with E-state index >= 15 is 0 Å². The van der Waals surface area contributed by atoms with Gasteiger partial charge in [0.2, 0.25) is 17.7 Å². The lowest BCUT2D eigenvalue weighted by Crippen LogP contribution is -2.45. The molecule has 2 aliphatic rings. The number of pyridine rings is 1. The molecule has 1 aliphatic heterocycles. The van der Waals surface area contributed by atoms with Crippen molar-refractivity contribution in [3.63, 3.8) is 0 Å². The number of aryl methyl sites for hydroxylation is 1. The smallest absolute Gasteiger partial charge is 0.227 e. The molecule has 4 rings (SSSR count). The Balaban J connectivity index is 1.35. The number of nitriles is 1. The molecule has 2 fully saturated rings. The number of nitrogens with one attached hydrogen (secondary N) is 1. The van der Waals surface area contributed by atoms with Crippen LogP contribution in [0, 0.1) is 11.3 Å². The fourth-order valence-corrected chi connectivity index (χ4v) is 5.11. The van der Waals surface area contributed by atoms with Gasteiger partial charge in [-0.05, 0) is 31.4 Å². The van der Waals surface area contributed by atoms with Crippen LogP contribution in [0.5, 0.6) is 0 Å². The summed E-state index contributed by atoms with van der Waals surface area (Å²) in [6.07, 6.45) is 8.98. The van der Waals surface area contributed by atoms with Gasteiger partial charge in [-0.3, -0.25) is 9.59 Å². The van der Waals surface area contributed by atoms with Gasteiger partial charge in [-0.1, -0.05) is 30.8 Å². The third kappa shape index (κ3) is 5.96. The largest absolute Gasteiger partial charge is 0.354 e. The van der Waals surface area contributed by atoms with E-state index in [0.29, 0.717) is 49.2 Å². The SMILES string of the molecule is CC(=O)NC1(c2noc(CCC(=O)N3CCCN(c4ncccc4C#N)CC3)n2)CCCCCC1. The van der Waals surface area contributed by atoms with Crippen molar-refractivity contribution in [2.75, 3.05) is 31.1 Å². The zero-order chi connectivity index (χ0) is 24.7. The highest BCUT2D eigenvalue weighted by atomic mass is 16.5. The molecule has 0 aromatic carbocycles. The number of amides is 2. The molecule has 2 aromatic heterocycles. The Morgan fingerprint density at radius 2 is 1.94 bits per heavy atom. The van der Waals surface area contributed by atoms with E-state index in [4.69, 9.17) is 4.52 Å². The minimum atomic E-state index is -0.587. The van der Waals surface area contributed by atoms with Gasteiger partial charge < -0.3 is 19.6 Å². The summed E-state index contributed by atoms with van der Waals surface area (Å²) in [7, 11) is 0. The Kier molecular flexibility index (Phi) is 7.95. The number of hydrogen-bond acceptors (Lipinski definition) is 8. The first-order valence-electron chi connectivity index (χ1n) is 12.5. The Morgan fingerprint density at radius 1 is 1.14 bits per heavy atom. The summed E-state index contributed by atoms with van der Waals surface area (Å²) in [6, 6.07) is 5.72. The van der Waals surface area contributed by atoms with E-state index in [0.717, 1.165) is 51.5 Å². The molecule has 0 bridgehead atoms. The average Bonchev–Trinajstić information content (AvgIpc) is 3.04. The molecule has 10 heteroatoms. The molecule has 1 saturated heterocycles. The average molecular weight is 480 g/mol. The molecule has 3 heterocycles. The van der Waals surface area contributed by atoms with Gasteiger partial charge in [0.25, 0.3) is 0 Å². The van der Waals surface area contributed by atoms with Crippen LogP contribution in [0.15, 0.2) is 22.9 Å². The first kappa shape index (κ1) is 24.6. The summed E-state index contributed by atoms with van der Waals surface area (Å²) in [4.78, 5) is 37.8. The van der Waals surface area contributed by atoms with Gasteiger partial charge in [0.15, 0.2) is 5.82 Å². The molecule has 0 spiro atoms. The van der Waals surface area contributed by atoms with Crippen molar-refractivity contribution < 1.29 is 14.1 Å². The quantitative estimate of drug-likeness (QED) is 0.626. The first-order chi connectivity index (χ1) is 17.0. The first-order valence-corrected chi connectivity index (χ1v) is 12.5. The minimum Gasteiger partial charge on any atom is -0.354 e. The van der Waals surface area contributed by atoms with Crippen molar-refractivity contribution in [1.29, 1.82) is 5.26 Å². The molecule has 0 radical (unpaired) electrons. The summed E-state index contributed by atoms with van der Waals surface area (Å²) in [6.45, 7) is 4.12. The number of aromatic nitrogens is 3. The van der Waals surface area contributed by atoms with Crippen LogP contribution in [0.3, 0.4) is 0 Å². The van der Waals surface area contributed by atoms with Crippen molar-refractivity contribution in [2.24, 2.45) is 0 Å². The van der Waals surface area contributed by atoms with E-state index in [1.807, 2.05) is 4.90 Å². The van der Waals surface area contributed by atoms with E-state index in [1.165, 1.54) is 6.92 Å². The molecule has 2 amide bonds. The molecule has 35 heavy (non-hydrogen) atoms. The van der Waals surface area contributed by atoms with Crippen LogP contribution in [0.25, 0.3) is 0 Å². The zero-order valence-corrected chi connectivity index (χ0v) is 20.3. The topological polar surface area (TPSA) is 128 Å². The second-order valence-corrected chi connectivity index (χ2v) is 9.40. The van der Waals surface area contributed by atoms with Gasteiger partial charge in [-0.25, -0.2) is 4.98 Å². The lowest BCUT2D eigenvalue weighted by molar-refractivity contribution is -0.131. The number of carbonyl (C=O) groups is 2. The molecule has 10 nitrogen and oxygen atoms in total. The molecule has 1 aliphatic carbocycles. The number of hydrogen-bond donors (Lipinski definition) is 1. The highest BCUT2D eigenvalue weighted by Gasteiger charge is 2.38. The highest BCUT2D eigenvalue weighted by Crippen LogP contribution is 2.34. The number of anilines is 1. The van der Waals surface area contributed by atoms with E-state index in [-0.39, 0.29) is 18.2 Å². The number of carbonyl (C=O) groups excluding carboxylic acids is 2. The zero-order valence-electron chi connectivity index (χ0n) is 20.3. The summed E-state index contributed by atoms with van der Waals surface area (Å²) < 4.78 is 5.50. The van der Waals surface area contributed by atoms with Gasteiger partial charge in [0.1, 0.15) is 17.4 Å². The lowest BCUT2D eigenvalue weighted by Gasteiger charge is -2.30. The Bertz CT molecular complexity index is 1070. The number of nitrogens with zero attached hydrogens (tertiary/aromatic N) is 6. The summed E-state index contributed by atoms with van der Waals surface area (Å²) in [5.74, 6) is 1.56. The van der Waals surface area contributed by atoms with Crippen LogP contribution < -0.4 is 10.2 Å². The van der Waals surface area contributed by atoms with Crippen LogP contribution in [-0.2, 0) is 21.5 Å². The fraction of sp³-hybridized carbons (Fsp3) is 0.600. The van der Waals surface area contributed by atoms with Gasteiger partial charge in [-0.2, -0.15) is 10.2 Å². The van der Waals surface area contributed by atoms with Gasteiger partial charge in [-0.15, -0.1) is 0 Å². The standard InChI is InChI=1S/C25H33N7O3/c1-19(33)29-25(11-4-2-3-5-12-25)24-28-21(35-30-24)9-10-22(34)31-14-7-15-32(17-16-31)23-20(18-26)8-6-13-27-23/h6,8,13H,2-5,7,9-12,14-17H2,1H3,(H,29,33).